The van der Waals surface area contributed by atoms with Crippen molar-refractivity contribution in [2.24, 2.45) is 0 Å². The molecule has 0 saturated heterocycles. The molecule has 3 aromatic rings. The van der Waals surface area contributed by atoms with Gasteiger partial charge in [0, 0.05) is 30.5 Å². The molecule has 0 aliphatic rings. The summed E-state index contributed by atoms with van der Waals surface area (Å²) in [5.74, 6) is -0.0409. The van der Waals surface area contributed by atoms with E-state index in [1.165, 1.54) is 41.3 Å². The highest BCUT2D eigenvalue weighted by Crippen LogP contribution is 2.32. The van der Waals surface area contributed by atoms with Gasteiger partial charge in [-0.25, -0.2) is 0 Å². The van der Waals surface area contributed by atoms with Crippen molar-refractivity contribution < 1.29 is 21.0 Å². The Morgan fingerprint density at radius 3 is 2.30 bits per heavy atom. The number of hydrogen-bond donors (Lipinski definition) is 1. The third-order valence-electron chi connectivity index (χ3n) is 7.52. The van der Waals surface area contributed by atoms with Crippen LogP contribution in [0.5, 0.6) is 5.75 Å². The summed E-state index contributed by atoms with van der Waals surface area (Å²) in [6.07, 6.45) is 15.6. The van der Waals surface area contributed by atoms with E-state index >= 15 is 0 Å². The summed E-state index contributed by atoms with van der Waals surface area (Å²) in [7, 11) is 1.98. The molecule has 3 rings (SSSR count). The van der Waals surface area contributed by atoms with Gasteiger partial charge in [0.2, 0.25) is 5.70 Å². The summed E-state index contributed by atoms with van der Waals surface area (Å²) >= 11 is 1.75. The smallest absolute Gasteiger partial charge is 0.242 e. The van der Waals surface area contributed by atoms with E-state index in [1.807, 2.05) is 7.05 Å². The van der Waals surface area contributed by atoms with Gasteiger partial charge in [0.25, 0.3) is 0 Å². The van der Waals surface area contributed by atoms with E-state index in [4.69, 9.17) is 4.74 Å². The second-order valence-corrected chi connectivity index (χ2v) is 12.1. The normalized spacial score (nSPS) is 12.0. The fourth-order valence-corrected chi connectivity index (χ4v) is 5.82. The Balaban J connectivity index is 0.000000441. The van der Waals surface area contributed by atoms with Crippen LogP contribution in [0.25, 0.3) is 10.8 Å². The number of benzene rings is 2. The fourth-order valence-electron chi connectivity index (χ4n) is 5.03. The number of carbonyl (C=O) groups is 1. The van der Waals surface area contributed by atoms with E-state index in [0.29, 0.717) is 18.5 Å². The summed E-state index contributed by atoms with van der Waals surface area (Å²) in [5, 5.41) is 29.0. The van der Waals surface area contributed by atoms with Gasteiger partial charge in [-0.15, -0.1) is 11.3 Å². The second kappa shape index (κ2) is 23.2. The SMILES string of the molecule is CCCCCCCC/C=C(\CCCCCCCC(=O)[O-])[N+](=O)[O-].CNCCC(Oc1cccc2ccccc12)c1cccs1.[HH]. The third-order valence-corrected chi connectivity index (χ3v) is 8.49. The zero-order valence-electron chi connectivity index (χ0n) is 26.6. The van der Waals surface area contributed by atoms with Crippen molar-refractivity contribution in [3.8, 4) is 5.75 Å². The number of aliphatic carboxylic acids is 1. The number of ether oxygens (including phenoxy) is 1. The Kier molecular flexibility index (Phi) is 19.5. The molecule has 2 aromatic carbocycles. The quantitative estimate of drug-likeness (QED) is 0.0678. The average Bonchev–Trinajstić information content (AvgIpc) is 3.56. The standard InChI is InChI=1S/C18H33NO4.C18H19NOS.H2/c1-2-3-4-5-6-8-11-14-17(19(22)23)15-12-9-7-10-13-16-18(20)21;1-19-12-11-17(18-10-5-13-21-18)20-16-9-4-7-14-6-2-3-8-15(14)16;/h14H,2-13,15-16H2,1H3,(H,20,21);2-10,13,17,19H,11-12H2,1H3;1H/p-1/b17-14+;;. The highest BCUT2D eigenvalue weighted by molar-refractivity contribution is 7.10. The lowest BCUT2D eigenvalue weighted by Gasteiger charge is -2.19. The van der Waals surface area contributed by atoms with Gasteiger partial charge in [-0.3, -0.25) is 10.1 Å². The predicted molar refractivity (Wildman–Crippen MR) is 183 cm³/mol. The lowest BCUT2D eigenvalue weighted by molar-refractivity contribution is -0.428. The molecule has 244 valence electrons. The minimum absolute atomic E-state index is 0. The highest BCUT2D eigenvalue weighted by Gasteiger charge is 2.15. The molecule has 1 N–H and O–H groups in total. The number of carbonyl (C=O) groups excluding carboxylic acids is 1. The van der Waals surface area contributed by atoms with Crippen molar-refractivity contribution in [2.75, 3.05) is 13.6 Å². The number of allylic oxidation sites excluding steroid dienone is 2. The first-order valence-electron chi connectivity index (χ1n) is 16.3. The van der Waals surface area contributed by atoms with Crippen LogP contribution in [0.3, 0.4) is 0 Å². The molecular weight excluding hydrogens is 572 g/mol. The molecule has 1 unspecified atom stereocenters. The van der Waals surface area contributed by atoms with Crippen LogP contribution in [0.2, 0.25) is 0 Å². The molecule has 0 saturated carbocycles. The predicted octanol–water partition coefficient (Wildman–Crippen LogP) is 9.26. The Hall–Kier alpha value is -3.23. The number of fused-ring (bicyclic) bond motifs is 1. The van der Waals surface area contributed by atoms with E-state index in [1.54, 1.807) is 17.4 Å². The molecule has 0 amide bonds. The minimum Gasteiger partial charge on any atom is -0.550 e. The van der Waals surface area contributed by atoms with Crippen LogP contribution in [0, 0.1) is 10.1 Å². The van der Waals surface area contributed by atoms with Crippen molar-refractivity contribution >= 4 is 28.1 Å². The lowest BCUT2D eigenvalue weighted by atomic mass is 10.1. The zero-order chi connectivity index (χ0) is 31.8. The molecule has 0 spiro atoms. The number of carboxylic acid groups (broad SMARTS) is 1. The molecule has 0 bridgehead atoms. The van der Waals surface area contributed by atoms with E-state index < -0.39 is 5.97 Å². The summed E-state index contributed by atoms with van der Waals surface area (Å²) < 4.78 is 6.34. The van der Waals surface area contributed by atoms with Crippen molar-refractivity contribution in [3.05, 3.63) is 86.7 Å². The molecule has 0 radical (unpaired) electrons. The topological polar surface area (TPSA) is 105 Å². The van der Waals surface area contributed by atoms with Gasteiger partial charge in [0.05, 0.1) is 4.92 Å². The van der Waals surface area contributed by atoms with Gasteiger partial charge in [0.15, 0.2) is 0 Å². The number of unbranched alkanes of at least 4 members (excludes halogenated alkanes) is 10. The first-order valence-corrected chi connectivity index (χ1v) is 17.2. The van der Waals surface area contributed by atoms with Crippen LogP contribution >= 0.6 is 11.3 Å². The molecule has 8 heteroatoms. The summed E-state index contributed by atoms with van der Waals surface area (Å²) in [6.45, 7) is 3.13. The van der Waals surface area contributed by atoms with Crippen molar-refractivity contribution in [1.82, 2.24) is 5.32 Å². The fraction of sp³-hybridized carbons (Fsp3) is 0.528. The average molecular weight is 626 g/mol. The molecule has 1 atom stereocenters. The molecular formula is C36H53N2O5S-. The van der Waals surface area contributed by atoms with Gasteiger partial charge in [-0.05, 0) is 74.7 Å². The summed E-state index contributed by atoms with van der Waals surface area (Å²) in [4.78, 5) is 22.3. The first-order chi connectivity index (χ1) is 21.5. The third kappa shape index (κ3) is 15.5. The zero-order valence-corrected chi connectivity index (χ0v) is 27.5. The first kappa shape index (κ1) is 37.0. The molecule has 1 aromatic heterocycles. The number of thiophene rings is 1. The van der Waals surface area contributed by atoms with Crippen LogP contribution in [-0.4, -0.2) is 24.5 Å². The van der Waals surface area contributed by atoms with Crippen molar-refractivity contribution in [2.45, 2.75) is 109 Å². The van der Waals surface area contributed by atoms with Crippen LogP contribution < -0.4 is 15.2 Å². The number of nitrogens with one attached hydrogen (secondary N) is 1. The molecule has 7 nitrogen and oxygen atoms in total. The van der Waals surface area contributed by atoms with Gasteiger partial charge in [-0.1, -0.05) is 101 Å². The van der Waals surface area contributed by atoms with Gasteiger partial charge in [0.1, 0.15) is 11.9 Å². The molecule has 0 aliphatic heterocycles. The second-order valence-electron chi connectivity index (χ2n) is 11.1. The van der Waals surface area contributed by atoms with E-state index in [2.05, 4.69) is 72.2 Å². The number of carboxylic acids is 1. The maximum atomic E-state index is 11.0. The van der Waals surface area contributed by atoms with Crippen molar-refractivity contribution in [3.63, 3.8) is 0 Å². The Labute approximate surface area is 269 Å². The van der Waals surface area contributed by atoms with Crippen LogP contribution in [0.1, 0.15) is 116 Å². The van der Waals surface area contributed by atoms with Crippen LogP contribution in [-0.2, 0) is 4.79 Å². The molecule has 0 aliphatic carbocycles. The van der Waals surface area contributed by atoms with E-state index in [0.717, 1.165) is 63.7 Å². The van der Waals surface area contributed by atoms with Gasteiger partial charge >= 0.3 is 0 Å². The van der Waals surface area contributed by atoms with Crippen LogP contribution in [0.15, 0.2) is 71.8 Å². The summed E-state index contributed by atoms with van der Waals surface area (Å²) in [6, 6.07) is 18.8. The molecule has 44 heavy (non-hydrogen) atoms. The lowest BCUT2D eigenvalue weighted by Crippen LogP contribution is -2.21. The Morgan fingerprint density at radius 2 is 1.61 bits per heavy atom. The molecule has 0 fully saturated rings. The summed E-state index contributed by atoms with van der Waals surface area (Å²) in [5.41, 5.74) is 0.341. The van der Waals surface area contributed by atoms with E-state index in [9.17, 15) is 20.0 Å². The monoisotopic (exact) mass is 625 g/mol. The number of rotatable bonds is 22. The van der Waals surface area contributed by atoms with Crippen LogP contribution in [0.4, 0.5) is 0 Å². The number of hydrogen-bond acceptors (Lipinski definition) is 7. The van der Waals surface area contributed by atoms with Gasteiger partial charge < -0.3 is 20.0 Å². The largest absolute Gasteiger partial charge is 0.550 e. The minimum atomic E-state index is -1.00. The highest BCUT2D eigenvalue weighted by atomic mass is 32.1. The number of nitro groups is 1. The number of nitrogens with zero attached hydrogens (tertiary/aromatic N) is 1. The molecule has 1 heterocycles. The van der Waals surface area contributed by atoms with E-state index in [-0.39, 0.29) is 18.9 Å². The Morgan fingerprint density at radius 1 is 0.932 bits per heavy atom. The maximum absolute atomic E-state index is 11.0. The Bertz CT molecular complexity index is 1230. The van der Waals surface area contributed by atoms with Crippen molar-refractivity contribution in [1.29, 1.82) is 0 Å². The van der Waals surface area contributed by atoms with Gasteiger partial charge in [-0.2, -0.15) is 0 Å². The maximum Gasteiger partial charge on any atom is 0.242 e.